The highest BCUT2D eigenvalue weighted by atomic mass is 16.5. The van der Waals surface area contributed by atoms with Crippen molar-refractivity contribution in [2.75, 3.05) is 11.9 Å². The number of carbonyl (C=O) groups is 3. The molecule has 6 nitrogen and oxygen atoms in total. The second-order valence-corrected chi connectivity index (χ2v) is 6.64. The maximum Gasteiger partial charge on any atom is 0.329 e. The summed E-state index contributed by atoms with van der Waals surface area (Å²) in [6.45, 7) is 5.97. The van der Waals surface area contributed by atoms with E-state index in [-0.39, 0.29) is 17.9 Å². The largest absolute Gasteiger partial charge is 0.454 e. The predicted molar refractivity (Wildman–Crippen MR) is 85.9 cm³/mol. The average molecular weight is 318 g/mol. The number of ether oxygens (including phenoxy) is 1. The average Bonchev–Trinajstić information content (AvgIpc) is 2.91. The van der Waals surface area contributed by atoms with E-state index in [0.717, 1.165) is 0 Å². The van der Waals surface area contributed by atoms with E-state index in [4.69, 9.17) is 4.74 Å². The Morgan fingerprint density at radius 3 is 2.43 bits per heavy atom. The van der Waals surface area contributed by atoms with Gasteiger partial charge < -0.3 is 15.4 Å². The van der Waals surface area contributed by atoms with Crippen LogP contribution in [0, 0.1) is 0 Å². The van der Waals surface area contributed by atoms with Crippen LogP contribution in [0.3, 0.4) is 0 Å². The summed E-state index contributed by atoms with van der Waals surface area (Å²) in [6.07, 6.45) is 0.722. The van der Waals surface area contributed by atoms with E-state index in [2.05, 4.69) is 31.4 Å². The molecule has 1 aliphatic rings. The highest BCUT2D eigenvalue weighted by Crippen LogP contribution is 2.23. The molecule has 0 aromatic heterocycles. The molecule has 6 heteroatoms. The lowest BCUT2D eigenvalue weighted by Gasteiger charge is -2.19. The van der Waals surface area contributed by atoms with E-state index in [0.29, 0.717) is 18.5 Å². The van der Waals surface area contributed by atoms with Crippen molar-refractivity contribution in [3.05, 3.63) is 29.8 Å². The number of carbonyl (C=O) groups excluding carboxylic acids is 3. The van der Waals surface area contributed by atoms with E-state index in [1.165, 1.54) is 5.56 Å². The number of hydrogen-bond acceptors (Lipinski definition) is 4. The summed E-state index contributed by atoms with van der Waals surface area (Å²) in [5.41, 5.74) is 1.86. The fourth-order valence-corrected chi connectivity index (χ4v) is 2.28. The minimum absolute atomic E-state index is 0.0454. The number of amides is 2. The van der Waals surface area contributed by atoms with Gasteiger partial charge in [0.2, 0.25) is 5.91 Å². The summed E-state index contributed by atoms with van der Waals surface area (Å²) in [5, 5.41) is 5.17. The molecule has 2 amide bonds. The summed E-state index contributed by atoms with van der Waals surface area (Å²) < 4.78 is 4.92. The van der Waals surface area contributed by atoms with E-state index >= 15 is 0 Å². The Morgan fingerprint density at radius 1 is 1.26 bits per heavy atom. The van der Waals surface area contributed by atoms with E-state index in [1.54, 1.807) is 0 Å². The predicted octanol–water partition coefficient (Wildman–Crippen LogP) is 1.74. The van der Waals surface area contributed by atoms with Gasteiger partial charge in [0.05, 0.1) is 0 Å². The smallest absolute Gasteiger partial charge is 0.329 e. The Kier molecular flexibility index (Phi) is 5.03. The maximum absolute atomic E-state index is 11.8. The Morgan fingerprint density at radius 2 is 1.91 bits per heavy atom. The highest BCUT2D eigenvalue weighted by Gasteiger charge is 2.28. The van der Waals surface area contributed by atoms with Gasteiger partial charge in [0.25, 0.3) is 5.91 Å². The van der Waals surface area contributed by atoms with Crippen LogP contribution in [0.5, 0.6) is 0 Å². The van der Waals surface area contributed by atoms with Crippen LogP contribution in [-0.4, -0.2) is 30.4 Å². The van der Waals surface area contributed by atoms with Gasteiger partial charge in [-0.1, -0.05) is 32.9 Å². The third kappa shape index (κ3) is 4.81. The molecule has 1 fully saturated rings. The summed E-state index contributed by atoms with van der Waals surface area (Å²) in [6, 6.07) is 6.90. The first-order chi connectivity index (χ1) is 10.8. The third-order valence-corrected chi connectivity index (χ3v) is 3.66. The standard InChI is InChI=1S/C17H22N2O4/c1-17(2,3)11-4-6-12(7-5-11)18-15(21)10-23-16(22)13-8-9-14(20)19-13/h4-7,13H,8-10H2,1-3H3,(H,18,21)(H,19,20)/t13-/m1/s1. The molecule has 0 spiro atoms. The Bertz CT molecular complexity index is 602. The van der Waals surface area contributed by atoms with Crippen LogP contribution < -0.4 is 10.6 Å². The van der Waals surface area contributed by atoms with Gasteiger partial charge in [0.1, 0.15) is 6.04 Å². The molecule has 0 radical (unpaired) electrons. The van der Waals surface area contributed by atoms with Gasteiger partial charge in [0, 0.05) is 12.1 Å². The Balaban J connectivity index is 1.80. The minimum atomic E-state index is -0.638. The summed E-state index contributed by atoms with van der Waals surface area (Å²) in [4.78, 5) is 34.5. The van der Waals surface area contributed by atoms with Gasteiger partial charge in [0.15, 0.2) is 6.61 Å². The zero-order valence-corrected chi connectivity index (χ0v) is 13.6. The van der Waals surface area contributed by atoms with E-state index < -0.39 is 17.9 Å². The van der Waals surface area contributed by atoms with Crippen LogP contribution in [0.1, 0.15) is 39.2 Å². The lowest BCUT2D eigenvalue weighted by Crippen LogP contribution is -2.36. The molecule has 1 aromatic rings. The van der Waals surface area contributed by atoms with Crippen LogP contribution in [-0.2, 0) is 24.5 Å². The highest BCUT2D eigenvalue weighted by molar-refractivity contribution is 5.94. The Hall–Kier alpha value is -2.37. The summed E-state index contributed by atoms with van der Waals surface area (Å²) in [5.74, 6) is -1.16. The first kappa shape index (κ1) is 17.0. The zero-order valence-electron chi connectivity index (χ0n) is 13.6. The molecule has 124 valence electrons. The van der Waals surface area contributed by atoms with Gasteiger partial charge >= 0.3 is 5.97 Å². The third-order valence-electron chi connectivity index (χ3n) is 3.66. The quantitative estimate of drug-likeness (QED) is 0.828. The molecule has 1 aromatic carbocycles. The Labute approximate surface area is 135 Å². The van der Waals surface area contributed by atoms with Crippen molar-refractivity contribution in [3.8, 4) is 0 Å². The molecule has 2 N–H and O–H groups in total. The molecular weight excluding hydrogens is 296 g/mol. The van der Waals surface area contributed by atoms with E-state index in [1.807, 2.05) is 24.3 Å². The van der Waals surface area contributed by atoms with Crippen molar-refractivity contribution in [1.82, 2.24) is 5.32 Å². The van der Waals surface area contributed by atoms with Crippen LogP contribution in [0.2, 0.25) is 0 Å². The first-order valence-electron chi connectivity index (χ1n) is 7.62. The lowest BCUT2D eigenvalue weighted by atomic mass is 9.87. The first-order valence-corrected chi connectivity index (χ1v) is 7.62. The maximum atomic E-state index is 11.8. The molecule has 2 rings (SSSR count). The van der Waals surface area contributed by atoms with Crippen molar-refractivity contribution >= 4 is 23.5 Å². The molecule has 1 atom stereocenters. The molecular formula is C17H22N2O4. The summed E-state index contributed by atoms with van der Waals surface area (Å²) >= 11 is 0. The van der Waals surface area contributed by atoms with Crippen molar-refractivity contribution in [3.63, 3.8) is 0 Å². The monoisotopic (exact) mass is 318 g/mol. The topological polar surface area (TPSA) is 84.5 Å². The van der Waals surface area contributed by atoms with Crippen molar-refractivity contribution in [2.45, 2.75) is 45.1 Å². The second-order valence-electron chi connectivity index (χ2n) is 6.64. The molecule has 0 aliphatic carbocycles. The van der Waals surface area contributed by atoms with Crippen molar-refractivity contribution in [1.29, 1.82) is 0 Å². The van der Waals surface area contributed by atoms with Crippen LogP contribution in [0.4, 0.5) is 5.69 Å². The molecule has 1 saturated heterocycles. The second kappa shape index (κ2) is 6.81. The summed E-state index contributed by atoms with van der Waals surface area (Å²) in [7, 11) is 0. The lowest BCUT2D eigenvalue weighted by molar-refractivity contribution is -0.149. The number of anilines is 1. The van der Waals surface area contributed by atoms with Crippen molar-refractivity contribution in [2.24, 2.45) is 0 Å². The number of esters is 1. The molecule has 1 heterocycles. The van der Waals surface area contributed by atoms with Gasteiger partial charge in [-0.05, 0) is 29.5 Å². The van der Waals surface area contributed by atoms with Crippen molar-refractivity contribution < 1.29 is 19.1 Å². The number of nitrogens with one attached hydrogen (secondary N) is 2. The van der Waals surface area contributed by atoms with Crippen LogP contribution >= 0.6 is 0 Å². The molecule has 0 bridgehead atoms. The number of hydrogen-bond donors (Lipinski definition) is 2. The van der Waals surface area contributed by atoms with E-state index in [9.17, 15) is 14.4 Å². The molecule has 0 saturated carbocycles. The zero-order chi connectivity index (χ0) is 17.0. The molecule has 0 unspecified atom stereocenters. The molecule has 23 heavy (non-hydrogen) atoms. The van der Waals surface area contributed by atoms with Gasteiger partial charge in [-0.15, -0.1) is 0 Å². The van der Waals surface area contributed by atoms with Gasteiger partial charge in [-0.3, -0.25) is 9.59 Å². The minimum Gasteiger partial charge on any atom is -0.454 e. The normalized spacial score (nSPS) is 17.5. The SMILES string of the molecule is CC(C)(C)c1ccc(NC(=O)COC(=O)[C@H]2CCC(=O)N2)cc1. The van der Waals surface area contributed by atoms with Gasteiger partial charge in [-0.25, -0.2) is 4.79 Å². The fourth-order valence-electron chi connectivity index (χ4n) is 2.28. The van der Waals surface area contributed by atoms with Crippen LogP contribution in [0.15, 0.2) is 24.3 Å². The fraction of sp³-hybridized carbons (Fsp3) is 0.471. The van der Waals surface area contributed by atoms with Gasteiger partial charge in [-0.2, -0.15) is 0 Å². The number of benzene rings is 1. The molecule has 1 aliphatic heterocycles. The number of rotatable bonds is 4. The van der Waals surface area contributed by atoms with Crippen LogP contribution in [0.25, 0.3) is 0 Å².